The topological polar surface area (TPSA) is 88.6 Å². The number of ether oxygens (including phenoxy) is 2. The zero-order chi connectivity index (χ0) is 23.2. The third-order valence-corrected chi connectivity index (χ3v) is 5.84. The molecule has 172 valence electrons. The third kappa shape index (κ3) is 4.04. The molecule has 4 rings (SSSR count). The molecule has 2 aromatic rings. The van der Waals surface area contributed by atoms with Crippen molar-refractivity contribution in [3.63, 3.8) is 0 Å². The third-order valence-electron chi connectivity index (χ3n) is 5.84. The molecular weight excluding hydrogens is 427 g/mol. The Bertz CT molecular complexity index is 1020. The van der Waals surface area contributed by atoms with Crippen molar-refractivity contribution in [1.82, 2.24) is 9.97 Å². The summed E-state index contributed by atoms with van der Waals surface area (Å²) in [6.07, 6.45) is 0.487. The molecule has 1 saturated carbocycles. The Balaban J connectivity index is 1.42. The monoisotopic (exact) mass is 451 g/mol. The maximum Gasteiger partial charge on any atom is 0.249 e. The van der Waals surface area contributed by atoms with Crippen LogP contribution in [0.1, 0.15) is 25.5 Å². The van der Waals surface area contributed by atoms with Gasteiger partial charge in [-0.15, -0.1) is 0 Å². The van der Waals surface area contributed by atoms with E-state index < -0.39 is 23.5 Å². The largest absolute Gasteiger partial charge is 0.490 e. The number of amides is 1. The van der Waals surface area contributed by atoms with E-state index in [0.717, 1.165) is 12.1 Å². The van der Waals surface area contributed by atoms with E-state index in [1.54, 1.807) is 26.0 Å². The van der Waals surface area contributed by atoms with Crippen molar-refractivity contribution in [2.24, 2.45) is 0 Å². The lowest BCUT2D eigenvalue weighted by Crippen LogP contribution is -2.53. The number of rotatable bonds is 6. The number of anilines is 3. The molecule has 1 unspecified atom stereocenters. The van der Waals surface area contributed by atoms with Crippen LogP contribution in [0.4, 0.5) is 30.6 Å². The molecule has 2 aliphatic rings. The summed E-state index contributed by atoms with van der Waals surface area (Å²) >= 11 is 0. The number of nitrogens with zero attached hydrogens (tertiary/aromatic N) is 3. The maximum absolute atomic E-state index is 13.3. The highest BCUT2D eigenvalue weighted by Crippen LogP contribution is 2.35. The minimum absolute atomic E-state index is 0.00947. The first kappa shape index (κ1) is 22.1. The Morgan fingerprint density at radius 1 is 1.22 bits per heavy atom. The van der Waals surface area contributed by atoms with E-state index >= 15 is 0 Å². The van der Waals surface area contributed by atoms with Crippen LogP contribution in [0.5, 0.6) is 5.75 Å². The molecule has 1 fully saturated rings. The molecule has 32 heavy (non-hydrogen) atoms. The van der Waals surface area contributed by atoms with Crippen LogP contribution in [0.2, 0.25) is 0 Å². The first-order chi connectivity index (χ1) is 15.2. The Morgan fingerprint density at radius 3 is 2.50 bits per heavy atom. The lowest BCUT2D eigenvalue weighted by molar-refractivity contribution is -0.120. The fourth-order valence-electron chi connectivity index (χ4n) is 3.94. The Hall–Kier alpha value is -3.08. The van der Waals surface area contributed by atoms with Crippen LogP contribution in [-0.4, -0.2) is 54.3 Å². The zero-order valence-electron chi connectivity index (χ0n) is 18.1. The van der Waals surface area contributed by atoms with E-state index in [2.05, 4.69) is 20.6 Å². The van der Waals surface area contributed by atoms with Crippen molar-refractivity contribution in [2.45, 2.75) is 51.0 Å². The lowest BCUT2D eigenvalue weighted by atomic mass is 9.89. The number of aryl methyl sites for hydroxylation is 1. The number of carbonyl (C=O) groups is 1. The first-order valence-electron chi connectivity index (χ1n) is 10.2. The normalized spacial score (nSPS) is 23.2. The van der Waals surface area contributed by atoms with Gasteiger partial charge in [-0.1, -0.05) is 0 Å². The minimum atomic E-state index is -1.52. The molecule has 1 aliphatic carbocycles. The molecule has 8 nitrogen and oxygen atoms in total. The van der Waals surface area contributed by atoms with Gasteiger partial charge in [-0.05, 0) is 13.8 Å². The Labute approximate surface area is 183 Å². The number of nitrogens with one attached hydrogen (secondary N) is 2. The molecule has 0 bridgehead atoms. The van der Waals surface area contributed by atoms with E-state index in [0.29, 0.717) is 36.0 Å². The summed E-state index contributed by atoms with van der Waals surface area (Å²) in [6, 6.07) is 1.12. The van der Waals surface area contributed by atoms with E-state index in [1.807, 2.05) is 6.92 Å². The van der Waals surface area contributed by atoms with Crippen LogP contribution in [0.15, 0.2) is 12.1 Å². The maximum atomic E-state index is 13.3. The van der Waals surface area contributed by atoms with Gasteiger partial charge in [0.15, 0.2) is 23.3 Å². The SMILES string of the molecule is COC(C)[C@H]1C(=O)Nc2c(C)nc(NC3CC(Oc4cc(F)c(F)c(F)c4)C3)nc2N1C. The fraction of sp³-hybridized carbons (Fsp3) is 0.476. The van der Waals surface area contributed by atoms with Gasteiger partial charge in [0.25, 0.3) is 0 Å². The van der Waals surface area contributed by atoms with E-state index in [-0.39, 0.29) is 29.9 Å². The van der Waals surface area contributed by atoms with Crippen LogP contribution in [-0.2, 0) is 9.53 Å². The summed E-state index contributed by atoms with van der Waals surface area (Å²) in [4.78, 5) is 23.3. The lowest BCUT2D eigenvalue weighted by Gasteiger charge is -2.38. The number of aromatic nitrogens is 2. The van der Waals surface area contributed by atoms with Crippen molar-refractivity contribution in [3.05, 3.63) is 35.3 Å². The molecule has 1 amide bonds. The number of likely N-dealkylation sites (N-methyl/N-ethyl adjacent to an activating group) is 1. The van der Waals surface area contributed by atoms with E-state index in [4.69, 9.17) is 9.47 Å². The van der Waals surface area contributed by atoms with Crippen molar-refractivity contribution in [1.29, 1.82) is 0 Å². The van der Waals surface area contributed by atoms with Crippen LogP contribution >= 0.6 is 0 Å². The quantitative estimate of drug-likeness (QED) is 0.653. The Kier molecular flexibility index (Phi) is 5.85. The number of carbonyl (C=O) groups excluding carboxylic acids is 1. The predicted octanol–water partition coefficient (Wildman–Crippen LogP) is 3.02. The number of methoxy groups -OCH3 is 1. The predicted molar refractivity (Wildman–Crippen MR) is 111 cm³/mol. The van der Waals surface area contributed by atoms with Gasteiger partial charge in [0.1, 0.15) is 23.6 Å². The van der Waals surface area contributed by atoms with Gasteiger partial charge in [-0.25, -0.2) is 18.2 Å². The Morgan fingerprint density at radius 2 is 1.88 bits per heavy atom. The molecule has 1 aromatic carbocycles. The number of hydrogen-bond acceptors (Lipinski definition) is 7. The summed E-state index contributed by atoms with van der Waals surface area (Å²) in [5.41, 5.74) is 1.17. The van der Waals surface area contributed by atoms with Gasteiger partial charge in [0.05, 0.1) is 11.8 Å². The molecule has 0 spiro atoms. The molecule has 0 radical (unpaired) electrons. The van der Waals surface area contributed by atoms with Crippen LogP contribution in [0.25, 0.3) is 0 Å². The van der Waals surface area contributed by atoms with Crippen LogP contribution < -0.4 is 20.3 Å². The second kappa shape index (κ2) is 8.45. The highest BCUT2D eigenvalue weighted by Gasteiger charge is 2.38. The van der Waals surface area contributed by atoms with Gasteiger partial charge < -0.3 is 25.0 Å². The molecule has 2 heterocycles. The summed E-state index contributed by atoms with van der Waals surface area (Å²) in [5.74, 6) is -3.36. The number of hydrogen-bond donors (Lipinski definition) is 2. The minimum Gasteiger partial charge on any atom is -0.490 e. The summed E-state index contributed by atoms with van der Waals surface area (Å²) in [6.45, 7) is 3.59. The molecular formula is C21H24F3N5O3. The van der Waals surface area contributed by atoms with Crippen molar-refractivity contribution >= 4 is 23.4 Å². The average molecular weight is 451 g/mol. The molecule has 11 heteroatoms. The van der Waals surface area contributed by atoms with Gasteiger partial charge in [0.2, 0.25) is 11.9 Å². The van der Waals surface area contributed by atoms with Gasteiger partial charge in [-0.2, -0.15) is 4.98 Å². The number of fused-ring (bicyclic) bond motifs is 1. The molecule has 2 N–H and O–H groups in total. The van der Waals surface area contributed by atoms with Crippen molar-refractivity contribution in [2.75, 3.05) is 29.7 Å². The zero-order valence-corrected chi connectivity index (χ0v) is 18.1. The molecule has 0 saturated heterocycles. The molecule has 1 aliphatic heterocycles. The second-order valence-corrected chi connectivity index (χ2v) is 8.07. The summed E-state index contributed by atoms with van der Waals surface area (Å²) in [5, 5.41) is 6.08. The average Bonchev–Trinajstić information content (AvgIpc) is 2.71. The first-order valence-corrected chi connectivity index (χ1v) is 10.2. The van der Waals surface area contributed by atoms with E-state index in [1.165, 1.54) is 0 Å². The number of halogens is 3. The fourth-order valence-corrected chi connectivity index (χ4v) is 3.94. The summed E-state index contributed by atoms with van der Waals surface area (Å²) in [7, 11) is 3.32. The van der Waals surface area contributed by atoms with Gasteiger partial charge in [0, 0.05) is 45.2 Å². The van der Waals surface area contributed by atoms with E-state index in [9.17, 15) is 18.0 Å². The molecule has 1 aromatic heterocycles. The second-order valence-electron chi connectivity index (χ2n) is 8.07. The molecule has 2 atom stereocenters. The summed E-state index contributed by atoms with van der Waals surface area (Å²) < 4.78 is 50.6. The standard InChI is InChI=1S/C21H24F3N5O3/c1-9-17-19(29(3)18(10(2)31-4)20(30)27-17)28-21(25-9)26-11-5-12(6-11)32-13-7-14(22)16(24)15(23)8-13/h7-8,10-12,18H,5-6H2,1-4H3,(H,27,30)(H,25,26,28)/t10?,11?,12?,18-/m0/s1. The highest BCUT2D eigenvalue weighted by molar-refractivity contribution is 6.03. The highest BCUT2D eigenvalue weighted by atomic mass is 19.2. The van der Waals surface area contributed by atoms with Crippen molar-refractivity contribution in [3.8, 4) is 5.75 Å². The van der Waals surface area contributed by atoms with Crippen LogP contribution in [0, 0.1) is 24.4 Å². The van der Waals surface area contributed by atoms with Gasteiger partial charge in [-0.3, -0.25) is 4.79 Å². The van der Waals surface area contributed by atoms with Crippen molar-refractivity contribution < 1.29 is 27.4 Å². The smallest absolute Gasteiger partial charge is 0.249 e. The van der Waals surface area contributed by atoms with Gasteiger partial charge >= 0.3 is 0 Å². The van der Waals surface area contributed by atoms with Crippen LogP contribution in [0.3, 0.4) is 0 Å². The number of benzene rings is 1.